The molecule has 0 aromatic heterocycles. The van der Waals surface area contributed by atoms with Gasteiger partial charge in [0, 0.05) is 6.42 Å². The zero-order valence-corrected chi connectivity index (χ0v) is 12.6. The molecule has 3 N–H and O–H groups in total. The number of hydrogen-bond acceptors (Lipinski definition) is 4. The van der Waals surface area contributed by atoms with Crippen molar-refractivity contribution in [1.29, 1.82) is 0 Å². The molecule has 0 heterocycles. The van der Waals surface area contributed by atoms with Crippen LogP contribution in [0.4, 0.5) is 0 Å². The lowest BCUT2D eigenvalue weighted by Gasteiger charge is -2.22. The molecular weight excluding hydrogens is 265 g/mol. The van der Waals surface area contributed by atoms with E-state index in [1.807, 2.05) is 0 Å². The molecule has 0 amide bonds. The molecule has 0 saturated heterocycles. The highest BCUT2D eigenvalue weighted by Gasteiger charge is 2.34. The van der Waals surface area contributed by atoms with Gasteiger partial charge in [-0.05, 0) is 20.8 Å². The lowest BCUT2D eigenvalue weighted by Crippen LogP contribution is -3.00. The fraction of sp³-hybridized carbons (Fsp3) is 0.900. The number of halogens is 1. The topological polar surface area (TPSA) is 80.2 Å². The fourth-order valence-electron chi connectivity index (χ4n) is 1.26. The van der Waals surface area contributed by atoms with Crippen LogP contribution in [0.3, 0.4) is 0 Å². The summed E-state index contributed by atoms with van der Waals surface area (Å²) in [7, 11) is -3.15. The Balaban J connectivity index is 0. The van der Waals surface area contributed by atoms with Crippen molar-refractivity contribution < 1.29 is 36.5 Å². The molecule has 104 valence electrons. The average Bonchev–Trinajstić information content (AvgIpc) is 2.18. The van der Waals surface area contributed by atoms with Crippen LogP contribution in [0, 0.1) is 0 Å². The highest BCUT2D eigenvalue weighted by atomic mass is 35.5. The molecule has 0 aromatic carbocycles. The molecule has 0 aliphatic carbocycles. The third-order valence-electron chi connectivity index (χ3n) is 2.20. The summed E-state index contributed by atoms with van der Waals surface area (Å²) in [5.41, 5.74) is 3.23. The van der Waals surface area contributed by atoms with Gasteiger partial charge in [0.1, 0.15) is 6.04 Å². The predicted octanol–water partition coefficient (Wildman–Crippen LogP) is -1.77. The summed E-state index contributed by atoms with van der Waals surface area (Å²) in [5, 5.41) is 0. The summed E-state index contributed by atoms with van der Waals surface area (Å²) in [4.78, 5) is 11.5. The van der Waals surface area contributed by atoms with Crippen molar-refractivity contribution in [3.05, 3.63) is 0 Å². The van der Waals surface area contributed by atoms with E-state index in [1.54, 1.807) is 27.7 Å². The molecule has 0 aromatic rings. The third-order valence-corrected chi connectivity index (χ3v) is 4.70. The minimum atomic E-state index is -3.15. The number of carbonyl (C=O) groups excluding carboxylic acids is 1. The monoisotopic (exact) mass is 287 g/mol. The Hall–Kier alpha value is 0.0700. The number of hydrogen-bond donors (Lipinski definition) is 1. The molecular formula is C10H23ClNO4P. The maximum atomic E-state index is 12.3. The van der Waals surface area contributed by atoms with Gasteiger partial charge in [0.2, 0.25) is 0 Å². The van der Waals surface area contributed by atoms with E-state index in [4.69, 9.17) is 9.05 Å². The number of Topliss-reactive ketones (excluding diaryl/α,β-unsaturated/α-hetero) is 1. The molecule has 0 bridgehead atoms. The Morgan fingerprint density at radius 3 is 1.94 bits per heavy atom. The summed E-state index contributed by atoms with van der Waals surface area (Å²) in [5.74, 6) is -0.0212. The number of ketones is 1. The van der Waals surface area contributed by atoms with Crippen LogP contribution in [-0.2, 0) is 18.4 Å². The second kappa shape index (κ2) is 9.06. The first-order valence-electron chi connectivity index (χ1n) is 5.62. The van der Waals surface area contributed by atoms with Crippen LogP contribution in [0.25, 0.3) is 0 Å². The SMILES string of the molecule is CCOP(=O)(OCC)[C@H](C)CC(=O)[C@H](C)[NH3+].[Cl-]. The van der Waals surface area contributed by atoms with Crippen LogP contribution in [-0.4, -0.2) is 30.7 Å². The molecule has 5 nitrogen and oxygen atoms in total. The minimum absolute atomic E-state index is 0. The maximum absolute atomic E-state index is 12.3. The van der Waals surface area contributed by atoms with Gasteiger partial charge >= 0.3 is 7.60 Å². The van der Waals surface area contributed by atoms with E-state index in [-0.39, 0.29) is 30.7 Å². The van der Waals surface area contributed by atoms with Crippen molar-refractivity contribution in [2.75, 3.05) is 13.2 Å². The van der Waals surface area contributed by atoms with Crippen molar-refractivity contribution in [1.82, 2.24) is 0 Å². The Morgan fingerprint density at radius 1 is 1.24 bits per heavy atom. The van der Waals surface area contributed by atoms with Gasteiger partial charge in [-0.2, -0.15) is 0 Å². The fourth-order valence-corrected chi connectivity index (χ4v) is 2.96. The van der Waals surface area contributed by atoms with Crippen LogP contribution < -0.4 is 18.1 Å². The van der Waals surface area contributed by atoms with Crippen LogP contribution in [0.1, 0.15) is 34.1 Å². The summed E-state index contributed by atoms with van der Waals surface area (Å²) >= 11 is 0. The molecule has 0 aliphatic rings. The van der Waals surface area contributed by atoms with Crippen molar-refractivity contribution in [2.45, 2.75) is 45.8 Å². The third kappa shape index (κ3) is 6.53. The normalized spacial score (nSPS) is 14.9. The lowest BCUT2D eigenvalue weighted by molar-refractivity contribution is -0.397. The van der Waals surface area contributed by atoms with Gasteiger partial charge in [0.25, 0.3) is 0 Å². The largest absolute Gasteiger partial charge is 1.00 e. The second-order valence-corrected chi connectivity index (χ2v) is 6.27. The van der Waals surface area contributed by atoms with Gasteiger partial charge in [-0.15, -0.1) is 0 Å². The van der Waals surface area contributed by atoms with Crippen LogP contribution in [0.15, 0.2) is 0 Å². The molecule has 2 atom stereocenters. The van der Waals surface area contributed by atoms with Gasteiger partial charge in [-0.1, -0.05) is 6.92 Å². The van der Waals surface area contributed by atoms with Gasteiger partial charge in [-0.25, -0.2) is 0 Å². The van der Waals surface area contributed by atoms with Gasteiger partial charge in [-0.3, -0.25) is 9.36 Å². The summed E-state index contributed by atoms with van der Waals surface area (Å²) in [6.45, 7) is 7.58. The van der Waals surface area contributed by atoms with E-state index in [0.717, 1.165) is 0 Å². The Labute approximate surface area is 109 Å². The Morgan fingerprint density at radius 2 is 1.65 bits per heavy atom. The molecule has 7 heteroatoms. The maximum Gasteiger partial charge on any atom is 0.333 e. The molecule has 0 aliphatic heterocycles. The van der Waals surface area contributed by atoms with Crippen LogP contribution in [0.5, 0.6) is 0 Å². The first kappa shape index (κ1) is 19.4. The standard InChI is InChI=1S/C10H22NO4P.ClH/c1-5-14-16(13,15-6-2)8(3)7-10(12)9(4)11;/h8-9H,5-7,11H2,1-4H3;1H/t8-,9+;/m1./s1. The van der Waals surface area contributed by atoms with E-state index in [0.29, 0.717) is 13.2 Å². The van der Waals surface area contributed by atoms with Gasteiger partial charge in [0.05, 0.1) is 18.9 Å². The Kier molecular flexibility index (Phi) is 10.3. The van der Waals surface area contributed by atoms with Crippen molar-refractivity contribution in [2.24, 2.45) is 0 Å². The van der Waals surface area contributed by atoms with Crippen molar-refractivity contribution in [3.8, 4) is 0 Å². The van der Waals surface area contributed by atoms with E-state index in [2.05, 4.69) is 5.73 Å². The smallest absolute Gasteiger partial charge is 0.333 e. The van der Waals surface area contributed by atoms with Gasteiger partial charge in [0.15, 0.2) is 5.78 Å². The summed E-state index contributed by atoms with van der Waals surface area (Å²) in [6.07, 6.45) is 0.182. The highest BCUT2D eigenvalue weighted by Crippen LogP contribution is 2.54. The Bertz CT molecular complexity index is 263. The molecule has 0 unspecified atom stereocenters. The average molecular weight is 288 g/mol. The number of quaternary nitrogens is 1. The zero-order chi connectivity index (χ0) is 12.8. The first-order chi connectivity index (χ1) is 7.37. The number of carbonyl (C=O) groups is 1. The van der Waals surface area contributed by atoms with E-state index < -0.39 is 13.3 Å². The molecule has 0 fully saturated rings. The lowest BCUT2D eigenvalue weighted by atomic mass is 10.1. The first-order valence-corrected chi connectivity index (χ1v) is 7.23. The quantitative estimate of drug-likeness (QED) is 0.536. The van der Waals surface area contributed by atoms with E-state index in [9.17, 15) is 9.36 Å². The number of rotatable bonds is 8. The summed E-state index contributed by atoms with van der Waals surface area (Å²) < 4.78 is 22.6. The predicted molar refractivity (Wildman–Crippen MR) is 62.3 cm³/mol. The zero-order valence-electron chi connectivity index (χ0n) is 10.9. The van der Waals surface area contributed by atoms with E-state index in [1.165, 1.54) is 0 Å². The summed E-state index contributed by atoms with van der Waals surface area (Å²) in [6, 6.07) is -0.292. The molecule has 17 heavy (non-hydrogen) atoms. The molecule has 0 saturated carbocycles. The van der Waals surface area contributed by atoms with E-state index >= 15 is 0 Å². The molecule has 0 rings (SSSR count). The highest BCUT2D eigenvalue weighted by molar-refractivity contribution is 7.54. The molecule has 0 radical (unpaired) electrons. The van der Waals surface area contributed by atoms with Crippen molar-refractivity contribution in [3.63, 3.8) is 0 Å². The molecule has 0 spiro atoms. The van der Waals surface area contributed by atoms with Gasteiger partial charge < -0.3 is 27.2 Å². The van der Waals surface area contributed by atoms with Crippen LogP contribution >= 0.6 is 7.60 Å². The van der Waals surface area contributed by atoms with Crippen LogP contribution in [0.2, 0.25) is 0 Å². The minimum Gasteiger partial charge on any atom is -1.00 e. The van der Waals surface area contributed by atoms with Crippen molar-refractivity contribution >= 4 is 13.4 Å². The second-order valence-electron chi connectivity index (χ2n) is 3.80.